The molecule has 3 nitrogen and oxygen atoms in total. The van der Waals surface area contributed by atoms with Gasteiger partial charge in [0.2, 0.25) is 5.90 Å². The Hall–Kier alpha value is -1.91. The molecule has 1 aliphatic heterocycles. The fraction of sp³-hybridized carbons (Fsp3) is 0.250. The van der Waals surface area contributed by atoms with Crippen molar-refractivity contribution in [2.45, 2.75) is 0 Å². The summed E-state index contributed by atoms with van der Waals surface area (Å²) in [7, 11) is 1.71. The van der Waals surface area contributed by atoms with E-state index in [1.54, 1.807) is 17.7 Å². The lowest BCUT2D eigenvalue weighted by molar-refractivity contribution is 0.346. The second-order valence-electron chi connectivity index (χ2n) is 3.95. The lowest BCUT2D eigenvalue weighted by Gasteiger charge is -2.04. The molecule has 2 aromatic rings. The number of fused-ring (bicyclic) bond motifs is 1. The third kappa shape index (κ3) is 1.50. The van der Waals surface area contributed by atoms with Crippen molar-refractivity contribution in [2.24, 2.45) is 12.0 Å². The van der Waals surface area contributed by atoms with E-state index in [0.29, 0.717) is 35.6 Å². The minimum Gasteiger partial charge on any atom is -0.474 e. The maximum atomic E-state index is 13.7. The van der Waals surface area contributed by atoms with Crippen molar-refractivity contribution in [2.75, 3.05) is 13.2 Å². The van der Waals surface area contributed by atoms with Gasteiger partial charge in [0.05, 0.1) is 12.1 Å². The van der Waals surface area contributed by atoms with Crippen molar-refractivity contribution in [3.8, 4) is 0 Å². The monoisotopic (exact) mass is 236 g/mol. The number of halogens is 2. The molecule has 0 N–H and O–H groups in total. The van der Waals surface area contributed by atoms with E-state index in [1.807, 2.05) is 0 Å². The Labute approximate surface area is 96.3 Å². The van der Waals surface area contributed by atoms with Crippen molar-refractivity contribution in [1.82, 2.24) is 4.57 Å². The van der Waals surface area contributed by atoms with Crippen LogP contribution in [0.3, 0.4) is 0 Å². The average Bonchev–Trinajstić information content (AvgIpc) is 2.85. The standard InChI is InChI=1S/C12H10F2N2O/c1-16-10(12-15-2-3-17-12)5-7-4-8(13)6-9(14)11(7)16/h4-6H,2-3H2,1H3. The van der Waals surface area contributed by atoms with Crippen LogP contribution in [0.2, 0.25) is 0 Å². The van der Waals surface area contributed by atoms with Gasteiger partial charge in [-0.15, -0.1) is 0 Å². The number of nitrogens with zero attached hydrogens (tertiary/aromatic N) is 2. The number of aryl methyl sites for hydroxylation is 1. The molecule has 2 heterocycles. The topological polar surface area (TPSA) is 26.5 Å². The molecule has 0 atom stereocenters. The van der Waals surface area contributed by atoms with Gasteiger partial charge in [0.1, 0.15) is 23.9 Å². The third-order valence-electron chi connectivity index (χ3n) is 2.85. The van der Waals surface area contributed by atoms with E-state index in [2.05, 4.69) is 4.99 Å². The largest absolute Gasteiger partial charge is 0.474 e. The molecule has 0 amide bonds. The molecule has 1 aromatic carbocycles. The molecule has 88 valence electrons. The van der Waals surface area contributed by atoms with E-state index in [4.69, 9.17) is 4.74 Å². The second-order valence-corrected chi connectivity index (χ2v) is 3.95. The summed E-state index contributed by atoms with van der Waals surface area (Å²) in [5, 5.41) is 0.512. The first-order valence-electron chi connectivity index (χ1n) is 5.29. The Morgan fingerprint density at radius 2 is 2.12 bits per heavy atom. The fourth-order valence-corrected chi connectivity index (χ4v) is 2.11. The highest BCUT2D eigenvalue weighted by Gasteiger charge is 2.18. The molecule has 0 radical (unpaired) electrons. The van der Waals surface area contributed by atoms with Crippen LogP contribution in [0.1, 0.15) is 5.69 Å². The molecule has 0 fully saturated rings. The molecule has 1 aromatic heterocycles. The lowest BCUT2D eigenvalue weighted by atomic mass is 10.2. The van der Waals surface area contributed by atoms with Gasteiger partial charge in [-0.1, -0.05) is 0 Å². The zero-order chi connectivity index (χ0) is 12.0. The molecule has 1 aliphatic rings. The van der Waals surface area contributed by atoms with Gasteiger partial charge in [-0.3, -0.25) is 0 Å². The Kier molecular flexibility index (Phi) is 2.14. The van der Waals surface area contributed by atoms with Gasteiger partial charge in [-0.2, -0.15) is 0 Å². The average molecular weight is 236 g/mol. The Balaban J connectivity index is 2.28. The third-order valence-corrected chi connectivity index (χ3v) is 2.85. The van der Waals surface area contributed by atoms with E-state index in [-0.39, 0.29) is 0 Å². The minimum atomic E-state index is -0.582. The van der Waals surface area contributed by atoms with Crippen LogP contribution in [0.25, 0.3) is 10.9 Å². The molecule has 0 saturated carbocycles. The van der Waals surface area contributed by atoms with E-state index in [1.165, 1.54) is 6.07 Å². The number of aliphatic imine (C=N–C) groups is 1. The SMILES string of the molecule is Cn1c(C2=NCCO2)cc2cc(F)cc(F)c21. The van der Waals surface area contributed by atoms with Gasteiger partial charge >= 0.3 is 0 Å². The van der Waals surface area contributed by atoms with Crippen molar-refractivity contribution in [1.29, 1.82) is 0 Å². The molecule has 0 saturated heterocycles. The van der Waals surface area contributed by atoms with Gasteiger partial charge in [-0.25, -0.2) is 13.8 Å². The number of hydrogen-bond acceptors (Lipinski definition) is 2. The molecule has 0 bridgehead atoms. The predicted octanol–water partition coefficient (Wildman–Crippen LogP) is 2.23. The van der Waals surface area contributed by atoms with Crippen LogP contribution < -0.4 is 0 Å². The molecular weight excluding hydrogens is 226 g/mol. The van der Waals surface area contributed by atoms with Crippen LogP contribution in [0.4, 0.5) is 8.78 Å². The molecule has 0 unspecified atom stereocenters. The summed E-state index contributed by atoms with van der Waals surface area (Å²) < 4.78 is 33.7. The Morgan fingerprint density at radius 1 is 1.29 bits per heavy atom. The van der Waals surface area contributed by atoms with Crippen LogP contribution in [0.5, 0.6) is 0 Å². The smallest absolute Gasteiger partial charge is 0.233 e. The van der Waals surface area contributed by atoms with Gasteiger partial charge in [-0.05, 0) is 12.1 Å². The first-order valence-corrected chi connectivity index (χ1v) is 5.29. The molecule has 0 aliphatic carbocycles. The number of benzene rings is 1. The summed E-state index contributed by atoms with van der Waals surface area (Å²) in [6.07, 6.45) is 0. The minimum absolute atomic E-state index is 0.361. The second kappa shape index (κ2) is 3.55. The van der Waals surface area contributed by atoms with Crippen LogP contribution in [-0.2, 0) is 11.8 Å². The van der Waals surface area contributed by atoms with E-state index >= 15 is 0 Å². The summed E-state index contributed by atoms with van der Waals surface area (Å²) in [5.41, 5.74) is 1.03. The predicted molar refractivity (Wildman–Crippen MR) is 60.2 cm³/mol. The highest BCUT2D eigenvalue weighted by Crippen LogP contribution is 2.24. The highest BCUT2D eigenvalue weighted by atomic mass is 19.1. The summed E-state index contributed by atoms with van der Waals surface area (Å²) in [5.74, 6) is -0.669. The Bertz CT molecular complexity index is 631. The molecular formula is C12H10F2N2O. The quantitative estimate of drug-likeness (QED) is 0.745. The summed E-state index contributed by atoms with van der Waals surface area (Å²) in [6, 6.07) is 3.87. The number of ether oxygens (including phenoxy) is 1. The van der Waals surface area contributed by atoms with E-state index in [0.717, 1.165) is 6.07 Å². The molecule has 17 heavy (non-hydrogen) atoms. The molecule has 5 heteroatoms. The van der Waals surface area contributed by atoms with Crippen molar-refractivity contribution < 1.29 is 13.5 Å². The molecule has 3 rings (SSSR count). The molecule has 0 spiro atoms. The van der Waals surface area contributed by atoms with Gasteiger partial charge in [0.15, 0.2) is 0 Å². The van der Waals surface area contributed by atoms with Crippen LogP contribution in [-0.4, -0.2) is 23.6 Å². The van der Waals surface area contributed by atoms with Gasteiger partial charge in [0.25, 0.3) is 0 Å². The lowest BCUT2D eigenvalue weighted by Crippen LogP contribution is -2.07. The van der Waals surface area contributed by atoms with Crippen molar-refractivity contribution in [3.05, 3.63) is 35.5 Å². The van der Waals surface area contributed by atoms with Crippen LogP contribution >= 0.6 is 0 Å². The zero-order valence-electron chi connectivity index (χ0n) is 9.20. The normalized spacial score (nSPS) is 15.1. The fourth-order valence-electron chi connectivity index (χ4n) is 2.11. The van der Waals surface area contributed by atoms with Crippen LogP contribution in [0, 0.1) is 11.6 Å². The number of rotatable bonds is 1. The van der Waals surface area contributed by atoms with E-state index < -0.39 is 11.6 Å². The highest BCUT2D eigenvalue weighted by molar-refractivity contribution is 5.99. The van der Waals surface area contributed by atoms with Gasteiger partial charge in [0, 0.05) is 18.5 Å². The summed E-state index contributed by atoms with van der Waals surface area (Å²) in [6.45, 7) is 1.14. The maximum Gasteiger partial charge on any atom is 0.233 e. The zero-order valence-corrected chi connectivity index (χ0v) is 9.20. The van der Waals surface area contributed by atoms with Crippen molar-refractivity contribution >= 4 is 16.8 Å². The first kappa shape index (κ1) is 10.3. The number of hydrogen-bond donors (Lipinski definition) is 0. The Morgan fingerprint density at radius 3 is 2.82 bits per heavy atom. The van der Waals surface area contributed by atoms with Crippen LogP contribution in [0.15, 0.2) is 23.2 Å². The summed E-state index contributed by atoms with van der Waals surface area (Å²) in [4.78, 5) is 4.17. The van der Waals surface area contributed by atoms with Gasteiger partial charge < -0.3 is 9.30 Å². The van der Waals surface area contributed by atoms with E-state index in [9.17, 15) is 8.78 Å². The summed E-state index contributed by atoms with van der Waals surface area (Å²) >= 11 is 0. The first-order chi connectivity index (χ1) is 8.16. The maximum absolute atomic E-state index is 13.7. The number of aromatic nitrogens is 1. The van der Waals surface area contributed by atoms with Crippen molar-refractivity contribution in [3.63, 3.8) is 0 Å².